The number of aliphatic carboxylic acids is 1. The second kappa shape index (κ2) is 21.2. The Labute approximate surface area is 183 Å². The van der Waals surface area contributed by atoms with Gasteiger partial charge in [-0.25, -0.2) is 0 Å². The van der Waals surface area contributed by atoms with Crippen LogP contribution in [0.15, 0.2) is 0 Å². The van der Waals surface area contributed by atoms with Gasteiger partial charge in [-0.3, -0.25) is 9.59 Å². The Balaban J connectivity index is 0. The van der Waals surface area contributed by atoms with E-state index in [0.717, 1.165) is 12.8 Å². The maximum absolute atomic E-state index is 11.5. The summed E-state index contributed by atoms with van der Waals surface area (Å²) in [5.74, 6) is -1.13. The molecule has 0 aliphatic rings. The van der Waals surface area contributed by atoms with Crippen LogP contribution in [-0.4, -0.2) is 52.6 Å². The molecule has 0 radical (unpaired) electrons. The first-order chi connectivity index (χ1) is 12.1. The molecule has 0 fully saturated rings. The first kappa shape index (κ1) is 28.2. The van der Waals surface area contributed by atoms with Crippen LogP contribution in [0, 0.1) is 0 Å². The molecule has 5 heteroatoms. The van der Waals surface area contributed by atoms with Crippen LogP contribution in [0.4, 0.5) is 0 Å². The van der Waals surface area contributed by atoms with Gasteiger partial charge in [0.15, 0.2) is 0 Å². The fourth-order valence-electron chi connectivity index (χ4n) is 3.03. The van der Waals surface area contributed by atoms with Crippen molar-refractivity contribution in [1.82, 2.24) is 5.32 Å². The summed E-state index contributed by atoms with van der Waals surface area (Å²) >= 11 is 0. The van der Waals surface area contributed by atoms with E-state index >= 15 is 0 Å². The maximum atomic E-state index is 11.5. The van der Waals surface area contributed by atoms with Crippen LogP contribution in [-0.2, 0) is 9.59 Å². The Morgan fingerprint density at radius 3 is 1.42 bits per heavy atom. The zero-order chi connectivity index (χ0) is 18.8. The van der Waals surface area contributed by atoms with E-state index < -0.39 is 12.0 Å². The predicted octanol–water partition coefficient (Wildman–Crippen LogP) is 5.19. The number of amides is 1. The third-order valence-electron chi connectivity index (χ3n) is 4.76. The quantitative estimate of drug-likeness (QED) is 0.254. The summed E-state index contributed by atoms with van der Waals surface area (Å²) in [6.45, 7) is 3.76. The van der Waals surface area contributed by atoms with Crippen molar-refractivity contribution in [3.05, 3.63) is 0 Å². The van der Waals surface area contributed by atoms with E-state index in [-0.39, 0.29) is 35.5 Å². The summed E-state index contributed by atoms with van der Waals surface area (Å²) in [5, 5.41) is 11.2. The molecule has 0 spiro atoms. The standard InChI is InChI=1S/C21H41NO3.Na.H/c1-3-4-5-6-7-8-9-10-11-12-13-14-15-16-17-18-20(23)22-19(2)21(24)25;;/h19H,3-18H2,1-2H3,(H,22,23)(H,24,25);;/t19-;;/m0../s1. The van der Waals surface area contributed by atoms with Gasteiger partial charge in [0.25, 0.3) is 0 Å². The molecule has 0 aromatic rings. The predicted molar refractivity (Wildman–Crippen MR) is 112 cm³/mol. The van der Waals surface area contributed by atoms with E-state index in [0.29, 0.717) is 6.42 Å². The van der Waals surface area contributed by atoms with Gasteiger partial charge in [0.1, 0.15) is 6.04 Å². The molecule has 0 saturated heterocycles. The minimum absolute atomic E-state index is 0. The molecular weight excluding hydrogens is 337 g/mol. The molecule has 0 rings (SSSR count). The summed E-state index contributed by atoms with van der Waals surface area (Å²) in [7, 11) is 0. The first-order valence-electron chi connectivity index (χ1n) is 10.6. The SMILES string of the molecule is CCCCCCCCCCCCCCCCCC(=O)N[C@@H](C)C(=O)O.[NaH]. The van der Waals surface area contributed by atoms with Crippen LogP contribution < -0.4 is 5.32 Å². The van der Waals surface area contributed by atoms with E-state index in [1.807, 2.05) is 0 Å². The molecule has 0 aromatic heterocycles. The third kappa shape index (κ3) is 20.3. The zero-order valence-electron chi connectivity index (χ0n) is 16.7. The van der Waals surface area contributed by atoms with Crippen LogP contribution in [0.2, 0.25) is 0 Å². The number of carbonyl (C=O) groups excluding carboxylic acids is 1. The molecule has 0 saturated carbocycles. The minimum atomic E-state index is -0.982. The molecule has 0 bridgehead atoms. The van der Waals surface area contributed by atoms with Crippen molar-refractivity contribution < 1.29 is 14.7 Å². The van der Waals surface area contributed by atoms with Gasteiger partial charge >= 0.3 is 35.5 Å². The molecule has 150 valence electrons. The van der Waals surface area contributed by atoms with Crippen molar-refractivity contribution in [2.45, 2.75) is 123 Å². The molecule has 0 aromatic carbocycles. The Kier molecular flexibility index (Phi) is 23.0. The van der Waals surface area contributed by atoms with E-state index in [2.05, 4.69) is 12.2 Å². The third-order valence-corrected chi connectivity index (χ3v) is 4.76. The number of carbonyl (C=O) groups is 2. The molecule has 2 N–H and O–H groups in total. The Morgan fingerprint density at radius 2 is 1.08 bits per heavy atom. The van der Waals surface area contributed by atoms with Gasteiger partial charge in [-0.2, -0.15) is 0 Å². The monoisotopic (exact) mass is 379 g/mol. The van der Waals surface area contributed by atoms with Crippen LogP contribution in [0.3, 0.4) is 0 Å². The van der Waals surface area contributed by atoms with Crippen molar-refractivity contribution in [2.24, 2.45) is 0 Å². The topological polar surface area (TPSA) is 66.4 Å². The van der Waals surface area contributed by atoms with Crippen LogP contribution in [0.5, 0.6) is 0 Å². The van der Waals surface area contributed by atoms with Gasteiger partial charge in [0.2, 0.25) is 5.91 Å². The van der Waals surface area contributed by atoms with Crippen LogP contribution in [0.25, 0.3) is 0 Å². The van der Waals surface area contributed by atoms with E-state index in [4.69, 9.17) is 5.11 Å². The number of nitrogens with one attached hydrogen (secondary N) is 1. The van der Waals surface area contributed by atoms with Crippen molar-refractivity contribution in [3.63, 3.8) is 0 Å². The van der Waals surface area contributed by atoms with Crippen molar-refractivity contribution >= 4 is 41.4 Å². The molecule has 1 atom stereocenters. The summed E-state index contributed by atoms with van der Waals surface area (Å²) < 4.78 is 0. The first-order valence-corrected chi connectivity index (χ1v) is 10.6. The summed E-state index contributed by atoms with van der Waals surface area (Å²) in [6, 6.07) is -0.788. The fraction of sp³-hybridized carbons (Fsp3) is 0.905. The van der Waals surface area contributed by atoms with Crippen molar-refractivity contribution in [2.75, 3.05) is 0 Å². The average Bonchev–Trinajstić information content (AvgIpc) is 2.58. The van der Waals surface area contributed by atoms with Crippen molar-refractivity contribution in [3.8, 4) is 0 Å². The molecule has 0 aliphatic carbocycles. The van der Waals surface area contributed by atoms with Crippen LogP contribution in [0.1, 0.15) is 117 Å². The van der Waals surface area contributed by atoms with Gasteiger partial charge in [-0.05, 0) is 13.3 Å². The van der Waals surface area contributed by atoms with Crippen LogP contribution >= 0.6 is 0 Å². The normalized spacial score (nSPS) is 11.6. The number of carboxylic acids is 1. The molecule has 1 amide bonds. The van der Waals surface area contributed by atoms with Gasteiger partial charge in [0, 0.05) is 6.42 Å². The Hall–Kier alpha value is -0.0600. The number of hydrogen-bond donors (Lipinski definition) is 2. The number of rotatable bonds is 18. The Morgan fingerprint density at radius 1 is 0.731 bits per heavy atom. The second-order valence-electron chi connectivity index (χ2n) is 7.33. The van der Waals surface area contributed by atoms with E-state index in [1.54, 1.807) is 0 Å². The molecular formula is C21H42NNaO3. The molecule has 0 aliphatic heterocycles. The van der Waals surface area contributed by atoms with Gasteiger partial charge in [-0.15, -0.1) is 0 Å². The zero-order valence-corrected chi connectivity index (χ0v) is 16.7. The molecule has 0 unspecified atom stereocenters. The molecule has 4 nitrogen and oxygen atoms in total. The van der Waals surface area contributed by atoms with E-state index in [1.165, 1.54) is 90.4 Å². The molecule has 0 heterocycles. The average molecular weight is 380 g/mol. The molecule has 26 heavy (non-hydrogen) atoms. The number of hydrogen-bond acceptors (Lipinski definition) is 2. The Bertz CT molecular complexity index is 337. The second-order valence-corrected chi connectivity index (χ2v) is 7.33. The summed E-state index contributed by atoms with van der Waals surface area (Å²) in [6.07, 6.45) is 20.0. The van der Waals surface area contributed by atoms with E-state index in [9.17, 15) is 9.59 Å². The van der Waals surface area contributed by atoms with Gasteiger partial charge in [0.05, 0.1) is 0 Å². The fourth-order valence-corrected chi connectivity index (χ4v) is 3.03. The van der Waals surface area contributed by atoms with Gasteiger partial charge < -0.3 is 10.4 Å². The van der Waals surface area contributed by atoms with Gasteiger partial charge in [-0.1, -0.05) is 96.8 Å². The van der Waals surface area contributed by atoms with Crippen molar-refractivity contribution in [1.29, 1.82) is 0 Å². The summed E-state index contributed by atoms with van der Waals surface area (Å²) in [4.78, 5) is 22.2. The number of carboxylic acid groups (broad SMARTS) is 1. The summed E-state index contributed by atoms with van der Waals surface area (Å²) in [5.41, 5.74) is 0. The number of unbranched alkanes of at least 4 members (excludes halogenated alkanes) is 14.